The zero-order valence-corrected chi connectivity index (χ0v) is 8.65. The molecular formula is C9H21N3. The lowest BCUT2D eigenvalue weighted by molar-refractivity contribution is 0.383. The molecule has 0 aromatic carbocycles. The monoisotopic (exact) mass is 171 g/mol. The van der Waals surface area contributed by atoms with Crippen LogP contribution in [0.3, 0.4) is 0 Å². The Bertz CT molecular complexity index is 140. The summed E-state index contributed by atoms with van der Waals surface area (Å²) in [5, 5.41) is 3.32. The predicted octanol–water partition coefficient (Wildman–Crippen LogP) is 0.999. The normalized spacial score (nSPS) is 13.5. The molecule has 0 rings (SSSR count). The first-order valence-electron chi connectivity index (χ1n) is 4.39. The van der Waals surface area contributed by atoms with Gasteiger partial charge in [0.2, 0.25) is 0 Å². The fourth-order valence-electron chi connectivity index (χ4n) is 0.775. The lowest BCUT2D eigenvalue weighted by Gasteiger charge is -2.18. The Morgan fingerprint density at radius 1 is 1.42 bits per heavy atom. The Morgan fingerprint density at radius 2 is 2.00 bits per heavy atom. The quantitative estimate of drug-likeness (QED) is 0.376. The van der Waals surface area contributed by atoms with Crippen LogP contribution in [0.2, 0.25) is 0 Å². The number of rotatable bonds is 4. The first-order chi connectivity index (χ1) is 5.42. The number of hydrogen-bond acceptors (Lipinski definition) is 2. The van der Waals surface area contributed by atoms with Gasteiger partial charge >= 0.3 is 0 Å². The average Bonchev–Trinajstić information content (AvgIpc) is 1.83. The van der Waals surface area contributed by atoms with Gasteiger partial charge in [-0.15, -0.1) is 0 Å². The lowest BCUT2D eigenvalue weighted by atomic mass is 9.97. The molecule has 72 valence electrons. The minimum atomic E-state index is 0.349. The molecule has 0 aliphatic carbocycles. The Labute approximate surface area is 75.4 Å². The van der Waals surface area contributed by atoms with E-state index in [1.54, 1.807) is 0 Å². The van der Waals surface area contributed by atoms with Crippen molar-refractivity contribution in [2.24, 2.45) is 16.1 Å². The lowest BCUT2D eigenvalue weighted by Crippen LogP contribution is -2.29. The minimum Gasteiger partial charge on any atom is -0.388 e. The van der Waals surface area contributed by atoms with Crippen LogP contribution in [0.25, 0.3) is 0 Å². The summed E-state index contributed by atoms with van der Waals surface area (Å²) in [5.41, 5.74) is 5.73. The fraction of sp³-hybridized carbons (Fsp3) is 0.889. The van der Waals surface area contributed by atoms with Gasteiger partial charge in [0, 0.05) is 13.1 Å². The molecule has 12 heavy (non-hydrogen) atoms. The van der Waals surface area contributed by atoms with Gasteiger partial charge in [-0.3, -0.25) is 4.99 Å². The van der Waals surface area contributed by atoms with Crippen LogP contribution in [-0.2, 0) is 0 Å². The highest BCUT2D eigenvalue weighted by Gasteiger charge is 2.07. The average molecular weight is 171 g/mol. The van der Waals surface area contributed by atoms with E-state index in [1.165, 1.54) is 0 Å². The summed E-state index contributed by atoms with van der Waals surface area (Å²) >= 11 is 0. The molecule has 3 nitrogen and oxygen atoms in total. The Hall–Kier alpha value is -0.570. The predicted molar refractivity (Wildman–Crippen MR) is 54.5 cm³/mol. The second kappa shape index (κ2) is 5.14. The van der Waals surface area contributed by atoms with E-state index in [4.69, 9.17) is 5.73 Å². The van der Waals surface area contributed by atoms with Crippen molar-refractivity contribution in [3.63, 3.8) is 0 Å². The van der Waals surface area contributed by atoms with Crippen LogP contribution >= 0.6 is 0 Å². The first kappa shape index (κ1) is 11.4. The van der Waals surface area contributed by atoms with E-state index in [1.807, 2.05) is 6.92 Å². The summed E-state index contributed by atoms with van der Waals surface area (Å²) in [6.45, 7) is 11.1. The molecule has 0 saturated heterocycles. The van der Waals surface area contributed by atoms with Crippen LogP contribution in [0, 0.1) is 5.41 Å². The zero-order chi connectivity index (χ0) is 9.61. The smallest absolute Gasteiger partial charge is 0.0906 e. The highest BCUT2D eigenvalue weighted by atomic mass is 14.9. The van der Waals surface area contributed by atoms with Crippen molar-refractivity contribution in [2.75, 3.05) is 19.6 Å². The molecule has 0 saturated carbocycles. The summed E-state index contributed by atoms with van der Waals surface area (Å²) in [4.78, 5) is 4.08. The van der Waals surface area contributed by atoms with Crippen molar-refractivity contribution < 1.29 is 0 Å². The molecule has 0 bridgehead atoms. The van der Waals surface area contributed by atoms with Crippen LogP contribution in [0.1, 0.15) is 27.7 Å². The number of nitrogens with two attached hydrogens (primary N) is 1. The first-order valence-corrected chi connectivity index (χ1v) is 4.39. The van der Waals surface area contributed by atoms with E-state index in [-0.39, 0.29) is 0 Å². The van der Waals surface area contributed by atoms with Gasteiger partial charge in [0.1, 0.15) is 0 Å². The summed E-state index contributed by atoms with van der Waals surface area (Å²) in [6, 6.07) is 0. The zero-order valence-electron chi connectivity index (χ0n) is 8.65. The van der Waals surface area contributed by atoms with Gasteiger partial charge in [0.15, 0.2) is 0 Å². The highest BCUT2D eigenvalue weighted by Crippen LogP contribution is 2.09. The van der Waals surface area contributed by atoms with E-state index in [9.17, 15) is 0 Å². The molecule has 0 aliphatic heterocycles. The number of aliphatic imine (C=N–C) groups is 1. The molecule has 0 fully saturated rings. The topological polar surface area (TPSA) is 50.4 Å². The van der Waals surface area contributed by atoms with E-state index in [2.05, 4.69) is 31.1 Å². The third-order valence-corrected chi connectivity index (χ3v) is 1.31. The number of amidine groups is 1. The van der Waals surface area contributed by atoms with Crippen molar-refractivity contribution >= 4 is 5.84 Å². The second-order valence-corrected chi connectivity index (χ2v) is 4.26. The van der Waals surface area contributed by atoms with E-state index in [0.29, 0.717) is 11.3 Å². The SMILES string of the molecule is CC(N)=NCCNCC(C)(C)C. The molecule has 0 spiro atoms. The molecule has 0 radical (unpaired) electrons. The van der Waals surface area contributed by atoms with E-state index in [0.717, 1.165) is 19.6 Å². The van der Waals surface area contributed by atoms with Gasteiger partial charge in [0.05, 0.1) is 12.4 Å². The third-order valence-electron chi connectivity index (χ3n) is 1.31. The number of nitrogens with one attached hydrogen (secondary N) is 1. The standard InChI is InChI=1S/C9H21N3/c1-8(10)12-6-5-11-7-9(2,3)4/h11H,5-7H2,1-4H3,(H2,10,12). The van der Waals surface area contributed by atoms with Crippen LogP contribution in [0.15, 0.2) is 4.99 Å². The maximum Gasteiger partial charge on any atom is 0.0906 e. The van der Waals surface area contributed by atoms with Gasteiger partial charge in [-0.05, 0) is 12.3 Å². The Balaban J connectivity index is 3.29. The molecule has 0 aromatic rings. The summed E-state index contributed by atoms with van der Waals surface area (Å²) < 4.78 is 0. The molecule has 0 unspecified atom stereocenters. The van der Waals surface area contributed by atoms with Gasteiger partial charge < -0.3 is 11.1 Å². The summed E-state index contributed by atoms with van der Waals surface area (Å²) in [5.74, 6) is 0.660. The van der Waals surface area contributed by atoms with Gasteiger partial charge in [0.25, 0.3) is 0 Å². The fourth-order valence-corrected chi connectivity index (χ4v) is 0.775. The summed E-state index contributed by atoms with van der Waals surface area (Å²) in [7, 11) is 0. The number of hydrogen-bond donors (Lipinski definition) is 2. The third kappa shape index (κ3) is 9.43. The summed E-state index contributed by atoms with van der Waals surface area (Å²) in [6.07, 6.45) is 0. The Kier molecular flexibility index (Phi) is 4.90. The molecule has 0 atom stereocenters. The van der Waals surface area contributed by atoms with Gasteiger partial charge in [-0.1, -0.05) is 20.8 Å². The maximum absolute atomic E-state index is 5.38. The van der Waals surface area contributed by atoms with Gasteiger partial charge in [-0.2, -0.15) is 0 Å². The molecule has 3 heteroatoms. The van der Waals surface area contributed by atoms with Crippen molar-refractivity contribution in [2.45, 2.75) is 27.7 Å². The van der Waals surface area contributed by atoms with Crippen molar-refractivity contribution in [1.29, 1.82) is 0 Å². The van der Waals surface area contributed by atoms with Crippen LogP contribution < -0.4 is 11.1 Å². The largest absolute Gasteiger partial charge is 0.388 e. The van der Waals surface area contributed by atoms with Crippen LogP contribution in [0.5, 0.6) is 0 Å². The van der Waals surface area contributed by atoms with E-state index >= 15 is 0 Å². The molecule has 0 aliphatic rings. The van der Waals surface area contributed by atoms with Crippen molar-refractivity contribution in [3.8, 4) is 0 Å². The van der Waals surface area contributed by atoms with Crippen molar-refractivity contribution in [3.05, 3.63) is 0 Å². The molecule has 0 heterocycles. The van der Waals surface area contributed by atoms with Gasteiger partial charge in [-0.25, -0.2) is 0 Å². The Morgan fingerprint density at radius 3 is 2.42 bits per heavy atom. The minimum absolute atomic E-state index is 0.349. The van der Waals surface area contributed by atoms with Crippen LogP contribution in [0.4, 0.5) is 0 Å². The molecule has 0 amide bonds. The highest BCUT2D eigenvalue weighted by molar-refractivity contribution is 5.77. The number of nitrogens with zero attached hydrogens (tertiary/aromatic N) is 1. The van der Waals surface area contributed by atoms with Crippen molar-refractivity contribution in [1.82, 2.24) is 5.32 Å². The maximum atomic E-state index is 5.38. The molecule has 0 aromatic heterocycles. The molecule has 3 N–H and O–H groups in total. The van der Waals surface area contributed by atoms with E-state index < -0.39 is 0 Å². The van der Waals surface area contributed by atoms with Crippen LogP contribution in [-0.4, -0.2) is 25.5 Å². The molecular weight excluding hydrogens is 150 g/mol. The second-order valence-electron chi connectivity index (χ2n) is 4.26.